The highest BCUT2D eigenvalue weighted by atomic mass is 79.9. The van der Waals surface area contributed by atoms with Crippen molar-refractivity contribution in [3.05, 3.63) is 64.1 Å². The van der Waals surface area contributed by atoms with Crippen molar-refractivity contribution in [3.8, 4) is 5.75 Å². The molecule has 2 rings (SSSR count). The average molecular weight is 335 g/mol. The number of halogens is 1. The zero-order chi connectivity index (χ0) is 14.4. The summed E-state index contributed by atoms with van der Waals surface area (Å²) >= 11 is 3.48. The molecule has 0 aromatic heterocycles. The molecule has 0 bridgehead atoms. The lowest BCUT2D eigenvalue weighted by Crippen LogP contribution is -2.02. The maximum absolute atomic E-state index is 10.7. The van der Waals surface area contributed by atoms with Gasteiger partial charge in [-0.1, -0.05) is 52.3 Å². The van der Waals surface area contributed by atoms with Gasteiger partial charge in [0.1, 0.15) is 12.4 Å². The Bertz CT molecular complexity index is 596. The fourth-order valence-electron chi connectivity index (χ4n) is 1.86. The van der Waals surface area contributed by atoms with Crippen molar-refractivity contribution in [2.45, 2.75) is 19.4 Å². The Morgan fingerprint density at radius 2 is 1.70 bits per heavy atom. The lowest BCUT2D eigenvalue weighted by Gasteiger charge is -2.11. The quantitative estimate of drug-likeness (QED) is 0.866. The summed E-state index contributed by atoms with van der Waals surface area (Å²) in [5.41, 5.74) is 1.97. The molecule has 0 unspecified atom stereocenters. The summed E-state index contributed by atoms with van der Waals surface area (Å²) in [6.45, 7) is 0.450. The molecule has 2 aromatic rings. The zero-order valence-electron chi connectivity index (χ0n) is 10.9. The van der Waals surface area contributed by atoms with E-state index >= 15 is 0 Å². The molecule has 0 atom stereocenters. The number of hydrogen-bond acceptors (Lipinski definition) is 2. The second-order valence-corrected chi connectivity index (χ2v) is 5.24. The monoisotopic (exact) mass is 334 g/mol. The molecule has 0 spiro atoms. The third kappa shape index (κ3) is 4.10. The summed E-state index contributed by atoms with van der Waals surface area (Å²) in [6, 6.07) is 15.4. The smallest absolute Gasteiger partial charge is 0.303 e. The van der Waals surface area contributed by atoms with Gasteiger partial charge in [-0.2, -0.15) is 0 Å². The van der Waals surface area contributed by atoms with Gasteiger partial charge in [-0.05, 0) is 24.1 Å². The van der Waals surface area contributed by atoms with Crippen LogP contribution < -0.4 is 4.74 Å². The van der Waals surface area contributed by atoms with Gasteiger partial charge >= 0.3 is 5.97 Å². The molecule has 0 saturated heterocycles. The Balaban J connectivity index is 2.06. The number of carbonyl (C=O) groups is 1. The summed E-state index contributed by atoms with van der Waals surface area (Å²) < 4.78 is 6.82. The Morgan fingerprint density at radius 1 is 1.05 bits per heavy atom. The van der Waals surface area contributed by atoms with Crippen LogP contribution in [0.3, 0.4) is 0 Å². The Hall–Kier alpha value is -1.81. The van der Waals surface area contributed by atoms with Gasteiger partial charge in [0.25, 0.3) is 0 Å². The van der Waals surface area contributed by atoms with Gasteiger partial charge in [0.15, 0.2) is 0 Å². The molecule has 0 fully saturated rings. The van der Waals surface area contributed by atoms with E-state index in [1.807, 2.05) is 48.5 Å². The van der Waals surface area contributed by atoms with Crippen LogP contribution in [-0.2, 0) is 17.8 Å². The molecular formula is C16H15BrO3. The summed E-state index contributed by atoms with van der Waals surface area (Å²) in [5, 5.41) is 8.76. The maximum Gasteiger partial charge on any atom is 0.303 e. The van der Waals surface area contributed by atoms with E-state index in [1.54, 1.807) is 0 Å². The number of carboxylic acid groups (broad SMARTS) is 1. The maximum atomic E-state index is 10.7. The number of rotatable bonds is 6. The van der Waals surface area contributed by atoms with Crippen LogP contribution >= 0.6 is 15.9 Å². The number of aliphatic carboxylic acids is 1. The molecule has 0 saturated carbocycles. The Morgan fingerprint density at radius 3 is 2.40 bits per heavy atom. The molecule has 0 aliphatic carbocycles. The largest absolute Gasteiger partial charge is 0.489 e. The third-order valence-electron chi connectivity index (χ3n) is 2.92. The van der Waals surface area contributed by atoms with Gasteiger partial charge in [0.05, 0.1) is 0 Å². The highest BCUT2D eigenvalue weighted by molar-refractivity contribution is 9.10. The van der Waals surface area contributed by atoms with E-state index in [1.165, 1.54) is 0 Å². The molecule has 0 heterocycles. The van der Waals surface area contributed by atoms with Gasteiger partial charge < -0.3 is 9.84 Å². The van der Waals surface area contributed by atoms with Crippen LogP contribution in [-0.4, -0.2) is 11.1 Å². The Kier molecular flexibility index (Phi) is 5.18. The van der Waals surface area contributed by atoms with E-state index in [0.29, 0.717) is 13.0 Å². The molecule has 4 heteroatoms. The molecule has 20 heavy (non-hydrogen) atoms. The number of hydrogen-bond donors (Lipinski definition) is 1. The van der Waals surface area contributed by atoms with Crippen LogP contribution in [0.5, 0.6) is 5.75 Å². The van der Waals surface area contributed by atoms with Crippen LogP contribution in [0.25, 0.3) is 0 Å². The van der Waals surface area contributed by atoms with Gasteiger partial charge in [-0.15, -0.1) is 0 Å². The summed E-state index contributed by atoms with van der Waals surface area (Å²) in [6.07, 6.45) is 0.580. The number of para-hydroxylation sites is 1. The predicted octanol–water partition coefficient (Wildman–Crippen LogP) is 4.05. The van der Waals surface area contributed by atoms with Gasteiger partial charge in [0.2, 0.25) is 0 Å². The molecule has 1 N–H and O–H groups in total. The third-order valence-corrected chi connectivity index (χ3v) is 3.70. The number of carboxylic acids is 1. The van der Waals surface area contributed by atoms with Crippen molar-refractivity contribution in [2.24, 2.45) is 0 Å². The predicted molar refractivity (Wildman–Crippen MR) is 80.9 cm³/mol. The molecule has 2 aromatic carbocycles. The van der Waals surface area contributed by atoms with Crippen LogP contribution in [0.15, 0.2) is 53.0 Å². The SMILES string of the molecule is O=C(O)CCc1ccccc1OCc1ccccc1Br. The molecule has 3 nitrogen and oxygen atoms in total. The first kappa shape index (κ1) is 14.6. The van der Waals surface area contributed by atoms with E-state index < -0.39 is 5.97 Å². The van der Waals surface area contributed by atoms with Gasteiger partial charge in [-0.25, -0.2) is 0 Å². The minimum absolute atomic E-state index is 0.107. The second kappa shape index (κ2) is 7.10. The lowest BCUT2D eigenvalue weighted by atomic mass is 10.1. The number of benzene rings is 2. The number of ether oxygens (including phenoxy) is 1. The van der Waals surface area contributed by atoms with Crippen molar-refractivity contribution in [2.75, 3.05) is 0 Å². The van der Waals surface area contributed by atoms with Crippen molar-refractivity contribution in [1.82, 2.24) is 0 Å². The van der Waals surface area contributed by atoms with E-state index in [-0.39, 0.29) is 6.42 Å². The number of aryl methyl sites for hydroxylation is 1. The van der Waals surface area contributed by atoms with Crippen LogP contribution in [0.2, 0.25) is 0 Å². The molecule has 0 aliphatic heterocycles. The highest BCUT2D eigenvalue weighted by Crippen LogP contribution is 2.23. The van der Waals surface area contributed by atoms with Crippen molar-refractivity contribution >= 4 is 21.9 Å². The molecule has 0 aliphatic rings. The van der Waals surface area contributed by atoms with Gasteiger partial charge in [-0.3, -0.25) is 4.79 Å². The first-order valence-corrected chi connectivity index (χ1v) is 7.12. The minimum Gasteiger partial charge on any atom is -0.489 e. The fourth-order valence-corrected chi connectivity index (χ4v) is 2.26. The Labute approximate surface area is 126 Å². The summed E-state index contributed by atoms with van der Waals surface area (Å²) in [4.78, 5) is 10.7. The summed E-state index contributed by atoms with van der Waals surface area (Å²) in [7, 11) is 0. The van der Waals surface area contributed by atoms with E-state index in [4.69, 9.17) is 9.84 Å². The van der Waals surface area contributed by atoms with Crippen molar-refractivity contribution in [3.63, 3.8) is 0 Å². The fraction of sp³-hybridized carbons (Fsp3) is 0.188. The van der Waals surface area contributed by atoms with Crippen LogP contribution in [0, 0.1) is 0 Å². The summed E-state index contributed by atoms with van der Waals surface area (Å²) in [5.74, 6) is -0.0601. The van der Waals surface area contributed by atoms with E-state index in [9.17, 15) is 4.79 Å². The molecule has 0 amide bonds. The normalized spacial score (nSPS) is 10.2. The highest BCUT2D eigenvalue weighted by Gasteiger charge is 2.06. The molecule has 0 radical (unpaired) electrons. The van der Waals surface area contributed by atoms with Crippen molar-refractivity contribution < 1.29 is 14.6 Å². The molecule has 104 valence electrons. The first-order valence-electron chi connectivity index (χ1n) is 6.32. The van der Waals surface area contributed by atoms with Crippen LogP contribution in [0.1, 0.15) is 17.5 Å². The first-order chi connectivity index (χ1) is 9.66. The second-order valence-electron chi connectivity index (χ2n) is 4.38. The van der Waals surface area contributed by atoms with E-state index in [2.05, 4.69) is 15.9 Å². The van der Waals surface area contributed by atoms with Gasteiger partial charge in [0, 0.05) is 16.5 Å². The standard InChI is InChI=1S/C16H15BrO3/c17-14-7-3-1-6-13(14)11-20-15-8-4-2-5-12(15)9-10-16(18)19/h1-8H,9-11H2,(H,18,19). The van der Waals surface area contributed by atoms with E-state index in [0.717, 1.165) is 21.3 Å². The lowest BCUT2D eigenvalue weighted by molar-refractivity contribution is -0.136. The zero-order valence-corrected chi connectivity index (χ0v) is 12.5. The van der Waals surface area contributed by atoms with Crippen LogP contribution in [0.4, 0.5) is 0 Å². The van der Waals surface area contributed by atoms with Crippen molar-refractivity contribution in [1.29, 1.82) is 0 Å². The molecular weight excluding hydrogens is 320 g/mol. The minimum atomic E-state index is -0.800. The topological polar surface area (TPSA) is 46.5 Å². The average Bonchev–Trinajstić information content (AvgIpc) is 2.45.